The van der Waals surface area contributed by atoms with Gasteiger partial charge in [0.25, 0.3) is 0 Å². The van der Waals surface area contributed by atoms with Gasteiger partial charge in [-0.25, -0.2) is 0 Å². The van der Waals surface area contributed by atoms with Crippen molar-refractivity contribution in [1.29, 1.82) is 0 Å². The van der Waals surface area contributed by atoms with Gasteiger partial charge < -0.3 is 9.94 Å². The number of hydrogen-bond donors (Lipinski definition) is 1. The number of aryl methyl sites for hydroxylation is 1. The van der Waals surface area contributed by atoms with E-state index in [4.69, 9.17) is 4.74 Å². The van der Waals surface area contributed by atoms with Gasteiger partial charge in [0.05, 0.1) is 12.8 Å². The SMILES string of the molecule is COc1ccc2c(c1)CC[C@@H]1[C@@H]2CC[C@@]2(C)/C(=N/O)CC[C@H]12. The first-order valence-corrected chi connectivity index (χ1v) is 8.55. The molecule has 2 fully saturated rings. The molecular formula is C19H25NO2. The van der Waals surface area contributed by atoms with Gasteiger partial charge in [-0.2, -0.15) is 0 Å². The van der Waals surface area contributed by atoms with Crippen LogP contribution in [0.4, 0.5) is 0 Å². The first-order valence-electron chi connectivity index (χ1n) is 8.55. The molecule has 118 valence electrons. The van der Waals surface area contributed by atoms with Gasteiger partial charge in [-0.05, 0) is 79.5 Å². The molecule has 0 aromatic heterocycles. The van der Waals surface area contributed by atoms with Crippen molar-refractivity contribution in [3.05, 3.63) is 29.3 Å². The van der Waals surface area contributed by atoms with Gasteiger partial charge >= 0.3 is 0 Å². The topological polar surface area (TPSA) is 41.8 Å². The van der Waals surface area contributed by atoms with Crippen molar-refractivity contribution >= 4 is 5.71 Å². The van der Waals surface area contributed by atoms with Crippen LogP contribution in [-0.4, -0.2) is 18.0 Å². The summed E-state index contributed by atoms with van der Waals surface area (Å²) in [5.74, 6) is 3.10. The Kier molecular flexibility index (Phi) is 3.21. The van der Waals surface area contributed by atoms with Crippen LogP contribution in [-0.2, 0) is 6.42 Å². The van der Waals surface area contributed by atoms with Crippen LogP contribution in [0.3, 0.4) is 0 Å². The molecule has 0 amide bonds. The maximum atomic E-state index is 9.36. The normalized spacial score (nSPS) is 38.3. The highest BCUT2D eigenvalue weighted by Crippen LogP contribution is 2.59. The Bertz CT molecular complexity index is 624. The quantitative estimate of drug-likeness (QED) is 0.617. The third-order valence-corrected chi connectivity index (χ3v) is 6.80. The Hall–Kier alpha value is -1.51. The minimum atomic E-state index is 0.139. The molecule has 0 unspecified atom stereocenters. The molecule has 3 aliphatic rings. The number of rotatable bonds is 1. The molecule has 1 aromatic rings. The second-order valence-electron chi connectivity index (χ2n) is 7.52. The van der Waals surface area contributed by atoms with Crippen molar-refractivity contribution in [2.75, 3.05) is 7.11 Å². The molecule has 0 heterocycles. The minimum Gasteiger partial charge on any atom is -0.497 e. The van der Waals surface area contributed by atoms with E-state index in [1.54, 1.807) is 12.7 Å². The number of hydrogen-bond acceptors (Lipinski definition) is 3. The van der Waals surface area contributed by atoms with Crippen LogP contribution in [0.15, 0.2) is 23.4 Å². The predicted octanol–water partition coefficient (Wildman–Crippen LogP) is 4.38. The smallest absolute Gasteiger partial charge is 0.119 e. The van der Waals surface area contributed by atoms with E-state index in [0.29, 0.717) is 11.8 Å². The molecular weight excluding hydrogens is 274 g/mol. The summed E-state index contributed by atoms with van der Waals surface area (Å²) >= 11 is 0. The number of ether oxygens (including phenoxy) is 1. The molecule has 1 N–H and O–H groups in total. The summed E-state index contributed by atoms with van der Waals surface area (Å²) in [6, 6.07) is 6.64. The average Bonchev–Trinajstić information content (AvgIpc) is 2.90. The van der Waals surface area contributed by atoms with Crippen LogP contribution >= 0.6 is 0 Å². The number of benzene rings is 1. The second-order valence-corrected chi connectivity index (χ2v) is 7.52. The van der Waals surface area contributed by atoms with Gasteiger partial charge in [0.1, 0.15) is 5.75 Å². The van der Waals surface area contributed by atoms with Crippen LogP contribution in [0.1, 0.15) is 56.1 Å². The van der Waals surface area contributed by atoms with Crippen molar-refractivity contribution in [2.45, 2.75) is 51.4 Å². The fourth-order valence-corrected chi connectivity index (χ4v) is 5.64. The Morgan fingerprint density at radius 1 is 1.23 bits per heavy atom. The summed E-state index contributed by atoms with van der Waals surface area (Å²) in [6.45, 7) is 2.33. The van der Waals surface area contributed by atoms with Gasteiger partial charge in [-0.15, -0.1) is 0 Å². The van der Waals surface area contributed by atoms with Gasteiger partial charge in [0, 0.05) is 5.41 Å². The maximum absolute atomic E-state index is 9.36. The lowest BCUT2D eigenvalue weighted by Gasteiger charge is -2.48. The fourth-order valence-electron chi connectivity index (χ4n) is 5.64. The summed E-state index contributed by atoms with van der Waals surface area (Å²) < 4.78 is 5.39. The van der Waals surface area contributed by atoms with E-state index < -0.39 is 0 Å². The lowest BCUT2D eigenvalue weighted by atomic mass is 9.55. The summed E-state index contributed by atoms with van der Waals surface area (Å²) in [5, 5.41) is 13.0. The number of fused-ring (bicyclic) bond motifs is 5. The molecule has 4 rings (SSSR count). The first kappa shape index (κ1) is 14.1. The molecule has 4 atom stereocenters. The maximum Gasteiger partial charge on any atom is 0.119 e. The van der Waals surface area contributed by atoms with E-state index in [2.05, 4.69) is 30.3 Å². The Morgan fingerprint density at radius 3 is 2.86 bits per heavy atom. The van der Waals surface area contributed by atoms with Crippen LogP contribution < -0.4 is 4.74 Å². The Balaban J connectivity index is 1.69. The van der Waals surface area contributed by atoms with E-state index >= 15 is 0 Å². The lowest BCUT2D eigenvalue weighted by Crippen LogP contribution is -2.42. The third kappa shape index (κ3) is 1.84. The van der Waals surface area contributed by atoms with Crippen LogP contribution in [0.25, 0.3) is 0 Å². The predicted molar refractivity (Wildman–Crippen MR) is 86.8 cm³/mol. The zero-order valence-corrected chi connectivity index (χ0v) is 13.5. The molecule has 0 aliphatic heterocycles. The third-order valence-electron chi connectivity index (χ3n) is 6.80. The highest BCUT2D eigenvalue weighted by atomic mass is 16.5. The number of oxime groups is 1. The second kappa shape index (κ2) is 5.00. The Morgan fingerprint density at radius 2 is 2.09 bits per heavy atom. The standard InChI is InChI=1S/C19H25NO2/c1-19-10-9-15-14-6-4-13(22-2)11-12(14)3-5-16(15)17(19)7-8-18(19)20-21/h4,6,11,15-17,21H,3,5,7-10H2,1-2H3/b20-18+/t15-,16-,17-,19-/m1/s1. The summed E-state index contributed by atoms with van der Waals surface area (Å²) in [5.41, 5.74) is 4.23. The van der Waals surface area contributed by atoms with Crippen molar-refractivity contribution in [2.24, 2.45) is 22.4 Å². The van der Waals surface area contributed by atoms with E-state index in [0.717, 1.165) is 36.6 Å². The molecule has 22 heavy (non-hydrogen) atoms. The molecule has 3 aliphatic carbocycles. The van der Waals surface area contributed by atoms with Gasteiger partial charge in [0.2, 0.25) is 0 Å². The van der Waals surface area contributed by atoms with Crippen molar-refractivity contribution in [3.8, 4) is 5.75 Å². The largest absolute Gasteiger partial charge is 0.497 e. The van der Waals surface area contributed by atoms with Crippen LogP contribution in [0, 0.1) is 17.3 Å². The van der Waals surface area contributed by atoms with Gasteiger partial charge in [0.15, 0.2) is 0 Å². The number of nitrogens with zero attached hydrogens (tertiary/aromatic N) is 1. The fraction of sp³-hybridized carbons (Fsp3) is 0.632. The zero-order valence-electron chi connectivity index (χ0n) is 13.5. The Labute approximate surface area is 132 Å². The first-order chi connectivity index (χ1) is 10.7. The lowest BCUT2D eigenvalue weighted by molar-refractivity contribution is 0.0938. The zero-order chi connectivity index (χ0) is 15.3. The molecule has 2 saturated carbocycles. The molecule has 0 saturated heterocycles. The highest BCUT2D eigenvalue weighted by molar-refractivity contribution is 5.92. The molecule has 1 aromatic carbocycles. The summed E-state index contributed by atoms with van der Waals surface area (Å²) in [7, 11) is 1.74. The van der Waals surface area contributed by atoms with E-state index in [1.807, 2.05) is 0 Å². The highest BCUT2D eigenvalue weighted by Gasteiger charge is 2.53. The summed E-state index contributed by atoms with van der Waals surface area (Å²) in [4.78, 5) is 0. The van der Waals surface area contributed by atoms with Crippen LogP contribution in [0.5, 0.6) is 5.75 Å². The number of methoxy groups -OCH3 is 1. The van der Waals surface area contributed by atoms with E-state index in [-0.39, 0.29) is 5.41 Å². The average molecular weight is 299 g/mol. The van der Waals surface area contributed by atoms with Crippen molar-refractivity contribution < 1.29 is 9.94 Å². The minimum absolute atomic E-state index is 0.139. The van der Waals surface area contributed by atoms with Crippen LogP contribution in [0.2, 0.25) is 0 Å². The van der Waals surface area contributed by atoms with E-state index in [9.17, 15) is 5.21 Å². The molecule has 0 radical (unpaired) electrons. The summed E-state index contributed by atoms with van der Waals surface area (Å²) in [6.07, 6.45) is 6.98. The van der Waals surface area contributed by atoms with Gasteiger partial charge in [-0.3, -0.25) is 0 Å². The van der Waals surface area contributed by atoms with Crippen molar-refractivity contribution in [3.63, 3.8) is 0 Å². The molecule has 3 heteroatoms. The van der Waals surface area contributed by atoms with E-state index in [1.165, 1.54) is 24.8 Å². The van der Waals surface area contributed by atoms with Gasteiger partial charge in [-0.1, -0.05) is 18.1 Å². The van der Waals surface area contributed by atoms with Crippen molar-refractivity contribution in [1.82, 2.24) is 0 Å². The molecule has 0 bridgehead atoms. The monoisotopic (exact) mass is 299 g/mol. The molecule has 3 nitrogen and oxygen atoms in total. The molecule has 0 spiro atoms.